The van der Waals surface area contributed by atoms with Gasteiger partial charge >= 0.3 is 0 Å². The van der Waals surface area contributed by atoms with Gasteiger partial charge in [0.15, 0.2) is 17.4 Å². The van der Waals surface area contributed by atoms with Gasteiger partial charge in [0.1, 0.15) is 6.61 Å². The predicted octanol–water partition coefficient (Wildman–Crippen LogP) is 4.02. The normalized spacial score (nSPS) is 18.3. The molecule has 1 aromatic heterocycles. The van der Waals surface area contributed by atoms with Crippen molar-refractivity contribution in [2.24, 2.45) is 18.0 Å². The largest absolute Gasteiger partial charge is 0.485 e. The molecule has 1 unspecified atom stereocenters. The average Bonchev–Trinajstić information content (AvgIpc) is 3.63. The van der Waals surface area contributed by atoms with Crippen LogP contribution in [0.15, 0.2) is 41.5 Å². The average molecular weight is 656 g/mol. The monoisotopic (exact) mass is 655 g/mol. The van der Waals surface area contributed by atoms with Gasteiger partial charge in [-0.05, 0) is 49.2 Å². The smallest absolute Gasteiger partial charge is 0.291 e. The molecule has 11 nitrogen and oxygen atoms in total. The maximum absolute atomic E-state index is 14.9. The lowest BCUT2D eigenvalue weighted by Crippen LogP contribution is -2.51. The lowest BCUT2D eigenvalue weighted by atomic mass is 10.1. The number of anilines is 1. The number of aliphatic imine (C=N–C) groups is 1. The van der Waals surface area contributed by atoms with Gasteiger partial charge < -0.3 is 29.7 Å². The van der Waals surface area contributed by atoms with Gasteiger partial charge in [-0.25, -0.2) is 9.37 Å². The standard InChI is InChI=1S/C32H36ClF2N7O4/c1-19-14-21(37-17-19)16-27(43)41-9-11-42(12-10-41)32(45)22-5-4-20(15-24(22)33)39-31(44)30-38-18-25(40(30)3)23-6-7-26(29(35)28(23)34)46-13-8-36-2/h4-8,15,18-19,21,37H,9-14,16-17H2,1-3H3,(H,39,44)/t19-,21?/m1/s1. The third-order valence-corrected chi connectivity index (χ3v) is 8.56. The molecule has 0 bridgehead atoms. The Bertz CT molecular complexity index is 1660. The summed E-state index contributed by atoms with van der Waals surface area (Å²) in [6, 6.07) is 7.39. The second kappa shape index (κ2) is 14.4. The van der Waals surface area contributed by atoms with Crippen molar-refractivity contribution in [1.82, 2.24) is 24.7 Å². The highest BCUT2D eigenvalue weighted by Gasteiger charge is 2.29. The van der Waals surface area contributed by atoms with Crippen LogP contribution in [0.2, 0.25) is 5.02 Å². The maximum Gasteiger partial charge on any atom is 0.291 e. The second-order valence-corrected chi connectivity index (χ2v) is 11.9. The first kappa shape index (κ1) is 33.0. The molecule has 244 valence electrons. The molecule has 3 aromatic rings. The molecule has 3 amide bonds. The van der Waals surface area contributed by atoms with Crippen molar-refractivity contribution >= 4 is 41.2 Å². The van der Waals surface area contributed by atoms with E-state index in [1.807, 2.05) is 0 Å². The summed E-state index contributed by atoms with van der Waals surface area (Å²) < 4.78 is 36.1. The Morgan fingerprint density at radius 1 is 1.13 bits per heavy atom. The van der Waals surface area contributed by atoms with Crippen molar-refractivity contribution in [2.75, 3.05) is 51.7 Å². The zero-order chi connectivity index (χ0) is 33.0. The molecule has 2 saturated heterocycles. The molecule has 46 heavy (non-hydrogen) atoms. The topological polar surface area (TPSA) is 121 Å². The van der Waals surface area contributed by atoms with Crippen LogP contribution in [0.25, 0.3) is 11.3 Å². The number of halogens is 3. The number of rotatable bonds is 9. The van der Waals surface area contributed by atoms with Crippen LogP contribution in [-0.2, 0) is 11.8 Å². The van der Waals surface area contributed by atoms with Crippen LogP contribution in [0, 0.1) is 17.6 Å². The number of benzene rings is 2. The molecule has 5 rings (SSSR count). The first-order valence-electron chi connectivity index (χ1n) is 15.0. The van der Waals surface area contributed by atoms with Gasteiger partial charge in [0.2, 0.25) is 11.7 Å². The lowest BCUT2D eigenvalue weighted by Gasteiger charge is -2.35. The van der Waals surface area contributed by atoms with E-state index in [9.17, 15) is 23.2 Å². The highest BCUT2D eigenvalue weighted by atomic mass is 35.5. The van der Waals surface area contributed by atoms with E-state index >= 15 is 0 Å². The third-order valence-electron chi connectivity index (χ3n) is 8.25. The van der Waals surface area contributed by atoms with Gasteiger partial charge in [-0.3, -0.25) is 19.4 Å². The van der Waals surface area contributed by atoms with E-state index < -0.39 is 17.5 Å². The van der Waals surface area contributed by atoms with E-state index in [1.54, 1.807) is 15.9 Å². The van der Waals surface area contributed by atoms with E-state index in [0.717, 1.165) is 13.0 Å². The van der Waals surface area contributed by atoms with Crippen molar-refractivity contribution in [3.05, 3.63) is 64.6 Å². The molecular formula is C32H36ClF2N7O4. The molecular weight excluding hydrogens is 620 g/mol. The minimum absolute atomic E-state index is 0.0152. The Labute approximate surface area is 270 Å². The molecule has 3 heterocycles. The number of hydrogen-bond acceptors (Lipinski definition) is 7. The Morgan fingerprint density at radius 3 is 2.54 bits per heavy atom. The van der Waals surface area contributed by atoms with Crippen LogP contribution in [0.4, 0.5) is 14.5 Å². The molecule has 2 atom stereocenters. The Hall–Kier alpha value is -4.36. The van der Waals surface area contributed by atoms with E-state index in [-0.39, 0.29) is 57.9 Å². The summed E-state index contributed by atoms with van der Waals surface area (Å²) in [5.41, 5.74) is 0.666. The quantitative estimate of drug-likeness (QED) is 0.336. The van der Waals surface area contributed by atoms with Gasteiger partial charge in [-0.1, -0.05) is 18.5 Å². The first-order valence-corrected chi connectivity index (χ1v) is 15.4. The zero-order valence-corrected chi connectivity index (χ0v) is 26.6. The number of nitrogens with one attached hydrogen (secondary N) is 2. The van der Waals surface area contributed by atoms with Gasteiger partial charge in [0.25, 0.3) is 11.8 Å². The number of carbonyl (C=O) groups excluding carboxylic acids is 3. The van der Waals surface area contributed by atoms with E-state index in [4.69, 9.17) is 16.3 Å². The van der Waals surface area contributed by atoms with Crippen molar-refractivity contribution in [3.63, 3.8) is 0 Å². The number of nitrogens with zero attached hydrogens (tertiary/aromatic N) is 5. The number of carbonyl (C=O) groups is 3. The second-order valence-electron chi connectivity index (χ2n) is 11.5. The number of piperazine rings is 1. The molecule has 0 radical (unpaired) electrons. The van der Waals surface area contributed by atoms with Gasteiger partial charge in [-0.2, -0.15) is 4.39 Å². The van der Waals surface area contributed by atoms with Crippen LogP contribution in [0.1, 0.15) is 40.7 Å². The molecule has 0 spiro atoms. The molecule has 2 aromatic carbocycles. The molecule has 2 aliphatic rings. The SMILES string of the molecule is CN=CCOc1ccc(-c2cnc(C(=O)Nc3ccc(C(=O)N4CCN(C(=O)CC5C[C@@H](C)CN5)CC4)c(Cl)c3)n2C)c(F)c1F. The minimum atomic E-state index is -1.17. The first-order chi connectivity index (χ1) is 22.1. The predicted molar refractivity (Wildman–Crippen MR) is 171 cm³/mol. The summed E-state index contributed by atoms with van der Waals surface area (Å²) in [4.78, 5) is 50.4. The van der Waals surface area contributed by atoms with Crippen LogP contribution in [0.3, 0.4) is 0 Å². The highest BCUT2D eigenvalue weighted by Crippen LogP contribution is 2.30. The van der Waals surface area contributed by atoms with Crippen molar-refractivity contribution in [1.29, 1.82) is 0 Å². The molecule has 14 heteroatoms. The zero-order valence-electron chi connectivity index (χ0n) is 25.9. The molecule has 2 fully saturated rings. The number of aromatic nitrogens is 2. The molecule has 2 N–H and O–H groups in total. The maximum atomic E-state index is 14.9. The summed E-state index contributed by atoms with van der Waals surface area (Å²) in [7, 11) is 3.04. The number of ether oxygens (including phenoxy) is 1. The van der Waals surface area contributed by atoms with Crippen molar-refractivity contribution in [2.45, 2.75) is 25.8 Å². The fraction of sp³-hybridized carbons (Fsp3) is 0.406. The van der Waals surface area contributed by atoms with Gasteiger partial charge in [-0.15, -0.1) is 0 Å². The third kappa shape index (κ3) is 7.20. The van der Waals surface area contributed by atoms with E-state index in [0.29, 0.717) is 44.2 Å². The number of amides is 3. The van der Waals surface area contributed by atoms with Crippen LogP contribution >= 0.6 is 11.6 Å². The van der Waals surface area contributed by atoms with Crippen LogP contribution < -0.4 is 15.4 Å². The number of imidazole rings is 1. The minimum Gasteiger partial charge on any atom is -0.485 e. The summed E-state index contributed by atoms with van der Waals surface area (Å²) in [5, 5.41) is 6.22. The Morgan fingerprint density at radius 2 is 1.87 bits per heavy atom. The highest BCUT2D eigenvalue weighted by molar-refractivity contribution is 6.34. The van der Waals surface area contributed by atoms with Gasteiger partial charge in [0.05, 0.1) is 22.5 Å². The van der Waals surface area contributed by atoms with Crippen LogP contribution in [-0.4, -0.2) is 95.7 Å². The summed E-state index contributed by atoms with van der Waals surface area (Å²) in [6.45, 7) is 4.77. The van der Waals surface area contributed by atoms with Crippen LogP contribution in [0.5, 0.6) is 5.75 Å². The van der Waals surface area contributed by atoms with E-state index in [1.165, 1.54) is 55.3 Å². The van der Waals surface area contributed by atoms with E-state index in [2.05, 4.69) is 27.5 Å². The number of hydrogen-bond donors (Lipinski definition) is 2. The molecule has 2 aliphatic heterocycles. The Balaban J connectivity index is 1.19. The lowest BCUT2D eigenvalue weighted by molar-refractivity contribution is -0.133. The Kier molecular flexibility index (Phi) is 10.3. The van der Waals surface area contributed by atoms with Crippen molar-refractivity contribution in [3.8, 4) is 17.0 Å². The summed E-state index contributed by atoms with van der Waals surface area (Å²) >= 11 is 6.47. The van der Waals surface area contributed by atoms with Gasteiger partial charge in [0, 0.05) is 70.2 Å². The van der Waals surface area contributed by atoms with Crippen molar-refractivity contribution < 1.29 is 27.9 Å². The molecule has 0 saturated carbocycles. The summed E-state index contributed by atoms with van der Waals surface area (Å²) in [5.74, 6) is -2.85. The fourth-order valence-electron chi connectivity index (χ4n) is 5.71. The molecule has 0 aliphatic carbocycles. The summed E-state index contributed by atoms with van der Waals surface area (Å²) in [6.07, 6.45) is 4.14. The fourth-order valence-corrected chi connectivity index (χ4v) is 5.97.